The highest BCUT2D eigenvalue weighted by Crippen LogP contribution is 2.28. The molecule has 0 unspecified atom stereocenters. The fourth-order valence-electron chi connectivity index (χ4n) is 5.52. The standard InChI is InChI=1S/C32H38N8O4/c1-32(2,3)44-31(41)40-11-10-27(18-40)43-28-9-4-22(16-23(28)17-33)29-34-21-35-30(37-29)36-24-5-7-25(8-6-24)38-12-14-39(15-13-38)26-19-42-20-26/h4-9,16,21,26-27H,10-15,18-20H2,1-3H3,(H,34,35,36,37)/t27-/m1/s1. The van der Waals surface area contributed by atoms with Gasteiger partial charge in [0, 0.05) is 56.1 Å². The van der Waals surface area contributed by atoms with E-state index in [1.807, 2.05) is 39.0 Å². The lowest BCUT2D eigenvalue weighted by molar-refractivity contribution is -0.0660. The summed E-state index contributed by atoms with van der Waals surface area (Å²) in [5.41, 5.74) is 2.54. The number of carbonyl (C=O) groups excluding carboxylic acids is 1. The van der Waals surface area contributed by atoms with Crippen molar-refractivity contribution in [1.29, 1.82) is 5.26 Å². The van der Waals surface area contributed by atoms with Gasteiger partial charge in [0.2, 0.25) is 5.95 Å². The van der Waals surface area contributed by atoms with Crippen LogP contribution in [-0.4, -0.2) is 101 Å². The number of rotatable bonds is 7. The van der Waals surface area contributed by atoms with Crippen molar-refractivity contribution >= 4 is 23.4 Å². The van der Waals surface area contributed by atoms with Crippen molar-refractivity contribution < 1.29 is 19.0 Å². The normalized spacial score (nSPS) is 19.3. The van der Waals surface area contributed by atoms with Crippen LogP contribution in [0.1, 0.15) is 32.8 Å². The Balaban J connectivity index is 1.06. The molecule has 1 atom stereocenters. The lowest BCUT2D eigenvalue weighted by atomic mass is 10.1. The summed E-state index contributed by atoms with van der Waals surface area (Å²) in [6.45, 7) is 12.3. The predicted octanol–water partition coefficient (Wildman–Crippen LogP) is 4.06. The lowest BCUT2D eigenvalue weighted by Gasteiger charge is -2.43. The number of benzene rings is 2. The minimum Gasteiger partial charge on any atom is -0.487 e. The van der Waals surface area contributed by atoms with Gasteiger partial charge in [-0.15, -0.1) is 0 Å². The molecule has 0 bridgehead atoms. The molecule has 0 radical (unpaired) electrons. The van der Waals surface area contributed by atoms with E-state index in [9.17, 15) is 10.1 Å². The number of carbonyl (C=O) groups is 1. The van der Waals surface area contributed by atoms with Crippen LogP contribution in [0, 0.1) is 11.3 Å². The van der Waals surface area contributed by atoms with E-state index in [0.29, 0.717) is 54.2 Å². The second-order valence-electron chi connectivity index (χ2n) is 12.3. The van der Waals surface area contributed by atoms with E-state index in [0.717, 1.165) is 45.1 Å². The van der Waals surface area contributed by atoms with E-state index in [-0.39, 0.29) is 12.2 Å². The number of likely N-dealkylation sites (tertiary alicyclic amines) is 1. The van der Waals surface area contributed by atoms with E-state index in [4.69, 9.17) is 14.2 Å². The monoisotopic (exact) mass is 598 g/mol. The molecule has 1 amide bonds. The van der Waals surface area contributed by atoms with Crippen molar-refractivity contribution in [3.05, 3.63) is 54.4 Å². The Labute approximate surface area is 257 Å². The third-order valence-electron chi connectivity index (χ3n) is 7.96. The Bertz CT molecular complexity index is 1510. The van der Waals surface area contributed by atoms with Gasteiger partial charge < -0.3 is 29.3 Å². The van der Waals surface area contributed by atoms with Crippen molar-refractivity contribution in [3.8, 4) is 23.2 Å². The first-order chi connectivity index (χ1) is 21.2. The van der Waals surface area contributed by atoms with Gasteiger partial charge in [0.15, 0.2) is 5.82 Å². The van der Waals surface area contributed by atoms with E-state index < -0.39 is 5.60 Å². The van der Waals surface area contributed by atoms with Crippen LogP contribution in [0.15, 0.2) is 48.8 Å². The number of hydrogen-bond donors (Lipinski definition) is 1. The fourth-order valence-corrected chi connectivity index (χ4v) is 5.52. The van der Waals surface area contributed by atoms with Gasteiger partial charge >= 0.3 is 6.09 Å². The number of nitrogens with zero attached hydrogens (tertiary/aromatic N) is 7. The first-order valence-corrected chi connectivity index (χ1v) is 15.1. The Kier molecular flexibility index (Phi) is 8.50. The molecule has 0 saturated carbocycles. The minimum atomic E-state index is -0.559. The smallest absolute Gasteiger partial charge is 0.410 e. The molecule has 3 fully saturated rings. The first-order valence-electron chi connectivity index (χ1n) is 15.1. The summed E-state index contributed by atoms with van der Waals surface area (Å²) in [6, 6.07) is 16.4. The number of hydrogen-bond acceptors (Lipinski definition) is 11. The molecule has 12 nitrogen and oxygen atoms in total. The second-order valence-corrected chi connectivity index (χ2v) is 12.3. The second kappa shape index (κ2) is 12.6. The molecular weight excluding hydrogens is 560 g/mol. The molecule has 1 N–H and O–H groups in total. The summed E-state index contributed by atoms with van der Waals surface area (Å²) in [4.78, 5) is 32.2. The third-order valence-corrected chi connectivity index (χ3v) is 7.96. The highest BCUT2D eigenvalue weighted by molar-refractivity contribution is 5.68. The number of aromatic nitrogens is 3. The number of amides is 1. The van der Waals surface area contributed by atoms with E-state index >= 15 is 0 Å². The van der Waals surface area contributed by atoms with Gasteiger partial charge in [-0.2, -0.15) is 10.2 Å². The molecular formula is C32H38N8O4. The number of nitrogens with one attached hydrogen (secondary N) is 1. The Morgan fingerprint density at radius 2 is 1.82 bits per heavy atom. The number of ether oxygens (including phenoxy) is 3. The minimum absolute atomic E-state index is 0.230. The van der Waals surface area contributed by atoms with Gasteiger partial charge in [0.25, 0.3) is 0 Å². The molecule has 230 valence electrons. The molecule has 12 heteroatoms. The summed E-state index contributed by atoms with van der Waals surface area (Å²) in [5, 5.41) is 13.1. The van der Waals surface area contributed by atoms with Crippen LogP contribution in [0.25, 0.3) is 11.4 Å². The van der Waals surface area contributed by atoms with E-state index in [1.165, 1.54) is 12.0 Å². The van der Waals surface area contributed by atoms with Crippen LogP contribution in [0.5, 0.6) is 5.75 Å². The molecule has 0 spiro atoms. The summed E-state index contributed by atoms with van der Waals surface area (Å²) >= 11 is 0. The quantitative estimate of drug-likeness (QED) is 0.423. The molecule has 0 aliphatic carbocycles. The van der Waals surface area contributed by atoms with E-state index in [2.05, 4.69) is 48.3 Å². The SMILES string of the molecule is CC(C)(C)OC(=O)N1CC[C@@H](Oc2ccc(-c3ncnc(Nc4ccc(N5CCN(C6COC6)CC5)cc4)n3)cc2C#N)C1. The summed E-state index contributed by atoms with van der Waals surface area (Å²) in [5.74, 6) is 1.30. The van der Waals surface area contributed by atoms with Crippen molar-refractivity contribution in [2.75, 3.05) is 62.7 Å². The molecule has 6 rings (SSSR count). The zero-order chi connectivity index (χ0) is 30.7. The maximum atomic E-state index is 12.4. The number of piperazine rings is 1. The van der Waals surface area contributed by atoms with Crippen molar-refractivity contribution in [2.45, 2.75) is 44.9 Å². The maximum absolute atomic E-state index is 12.4. The van der Waals surface area contributed by atoms with Gasteiger partial charge in [-0.25, -0.2) is 14.8 Å². The third kappa shape index (κ3) is 7.01. The molecule has 3 aliphatic rings. The van der Waals surface area contributed by atoms with Crippen LogP contribution >= 0.6 is 0 Å². The molecule has 4 heterocycles. The van der Waals surface area contributed by atoms with Gasteiger partial charge in [0.05, 0.1) is 31.4 Å². The van der Waals surface area contributed by atoms with Crippen LogP contribution in [0.4, 0.5) is 22.1 Å². The highest BCUT2D eigenvalue weighted by atomic mass is 16.6. The predicted molar refractivity (Wildman–Crippen MR) is 165 cm³/mol. The number of anilines is 3. The first kappa shape index (κ1) is 29.6. The van der Waals surface area contributed by atoms with Crippen LogP contribution in [0.3, 0.4) is 0 Å². The van der Waals surface area contributed by atoms with Crippen molar-refractivity contribution in [2.24, 2.45) is 0 Å². The van der Waals surface area contributed by atoms with Crippen LogP contribution in [0.2, 0.25) is 0 Å². The van der Waals surface area contributed by atoms with Crippen LogP contribution < -0.4 is 15.0 Å². The number of nitriles is 1. The van der Waals surface area contributed by atoms with Gasteiger partial charge in [0.1, 0.15) is 29.9 Å². The zero-order valence-corrected chi connectivity index (χ0v) is 25.4. The average Bonchev–Trinajstić information content (AvgIpc) is 3.46. The fraction of sp³-hybridized carbons (Fsp3) is 0.469. The topological polar surface area (TPSA) is 129 Å². The largest absolute Gasteiger partial charge is 0.487 e. The highest BCUT2D eigenvalue weighted by Gasteiger charge is 2.32. The molecule has 3 saturated heterocycles. The maximum Gasteiger partial charge on any atom is 0.410 e. The summed E-state index contributed by atoms with van der Waals surface area (Å²) in [7, 11) is 0. The van der Waals surface area contributed by atoms with Crippen molar-refractivity contribution in [1.82, 2.24) is 24.8 Å². The van der Waals surface area contributed by atoms with E-state index in [1.54, 1.807) is 17.0 Å². The van der Waals surface area contributed by atoms with Gasteiger partial charge in [-0.05, 0) is 63.2 Å². The Morgan fingerprint density at radius 1 is 1.05 bits per heavy atom. The average molecular weight is 599 g/mol. The molecule has 1 aromatic heterocycles. The zero-order valence-electron chi connectivity index (χ0n) is 25.4. The Morgan fingerprint density at radius 3 is 2.50 bits per heavy atom. The summed E-state index contributed by atoms with van der Waals surface area (Å²) in [6.07, 6.45) is 1.52. The molecule has 2 aromatic carbocycles. The Hall–Kier alpha value is -4.47. The molecule has 44 heavy (non-hydrogen) atoms. The van der Waals surface area contributed by atoms with Crippen molar-refractivity contribution in [3.63, 3.8) is 0 Å². The summed E-state index contributed by atoms with van der Waals surface area (Å²) < 4.78 is 16.9. The molecule has 3 aliphatic heterocycles. The van der Waals surface area contributed by atoms with Crippen LogP contribution in [-0.2, 0) is 9.47 Å². The molecule has 3 aromatic rings. The lowest BCUT2D eigenvalue weighted by Crippen LogP contribution is -2.56. The van der Waals surface area contributed by atoms with Gasteiger partial charge in [-0.3, -0.25) is 4.90 Å². The van der Waals surface area contributed by atoms with Gasteiger partial charge in [-0.1, -0.05) is 0 Å².